The lowest BCUT2D eigenvalue weighted by molar-refractivity contribution is -0.384. The van der Waals surface area contributed by atoms with Gasteiger partial charge in [0, 0.05) is 30.9 Å². The van der Waals surface area contributed by atoms with Crippen molar-refractivity contribution in [1.29, 1.82) is 0 Å². The van der Waals surface area contributed by atoms with Gasteiger partial charge in [0.2, 0.25) is 0 Å². The summed E-state index contributed by atoms with van der Waals surface area (Å²) < 4.78 is 5.59. The number of nitro benzene ring substituents is 1. The quantitative estimate of drug-likeness (QED) is 0.449. The van der Waals surface area contributed by atoms with E-state index in [2.05, 4.69) is 17.0 Å². The van der Waals surface area contributed by atoms with Gasteiger partial charge in [-0.15, -0.1) is 0 Å². The fourth-order valence-corrected chi connectivity index (χ4v) is 2.87. The summed E-state index contributed by atoms with van der Waals surface area (Å²) in [7, 11) is 0. The predicted octanol–water partition coefficient (Wildman–Crippen LogP) is 4.04. The monoisotopic (exact) mass is 378 g/mol. The van der Waals surface area contributed by atoms with E-state index in [9.17, 15) is 15.2 Å². The van der Waals surface area contributed by atoms with Crippen LogP contribution in [0.3, 0.4) is 0 Å². The van der Waals surface area contributed by atoms with E-state index in [1.54, 1.807) is 0 Å². The molecule has 0 radical (unpaired) electrons. The highest BCUT2D eigenvalue weighted by molar-refractivity contribution is 5.47. The Labute approximate surface area is 163 Å². The highest BCUT2D eigenvalue weighted by Gasteiger charge is 2.14. The van der Waals surface area contributed by atoms with Gasteiger partial charge in [0.15, 0.2) is 0 Å². The molecule has 6 heteroatoms. The molecule has 0 amide bonds. The first-order valence-electron chi connectivity index (χ1n) is 9.01. The van der Waals surface area contributed by atoms with Crippen LogP contribution in [0.1, 0.15) is 5.56 Å². The summed E-state index contributed by atoms with van der Waals surface area (Å²) in [5.41, 5.74) is 2.17. The van der Waals surface area contributed by atoms with Crippen molar-refractivity contribution in [2.24, 2.45) is 0 Å². The van der Waals surface area contributed by atoms with Crippen LogP contribution in [0.15, 0.2) is 84.9 Å². The number of benzene rings is 3. The average molecular weight is 378 g/mol. The van der Waals surface area contributed by atoms with Gasteiger partial charge in [0.05, 0.1) is 4.92 Å². The number of para-hydroxylation sites is 1. The Balaban J connectivity index is 1.62. The number of nitrogens with zero attached hydrogens (tertiary/aromatic N) is 2. The second kappa shape index (κ2) is 9.53. The van der Waals surface area contributed by atoms with Gasteiger partial charge in [0.25, 0.3) is 5.69 Å². The molecule has 1 unspecified atom stereocenters. The van der Waals surface area contributed by atoms with Gasteiger partial charge in [-0.1, -0.05) is 48.5 Å². The molecule has 0 fully saturated rings. The van der Waals surface area contributed by atoms with E-state index in [1.807, 2.05) is 48.5 Å². The lowest BCUT2D eigenvalue weighted by Crippen LogP contribution is -2.35. The molecule has 0 aliphatic rings. The summed E-state index contributed by atoms with van der Waals surface area (Å²) in [6, 6.07) is 25.8. The van der Waals surface area contributed by atoms with Crippen LogP contribution in [0.4, 0.5) is 11.4 Å². The van der Waals surface area contributed by atoms with Crippen molar-refractivity contribution >= 4 is 11.4 Å². The second-order valence-corrected chi connectivity index (χ2v) is 6.42. The average Bonchev–Trinajstić information content (AvgIpc) is 2.73. The molecular weight excluding hydrogens is 356 g/mol. The minimum atomic E-state index is -0.723. The molecular formula is C22H22N2O4. The number of ether oxygens (including phenoxy) is 1. The van der Waals surface area contributed by atoms with Crippen molar-refractivity contribution in [2.75, 3.05) is 18.1 Å². The maximum Gasteiger partial charge on any atom is 0.269 e. The first-order valence-corrected chi connectivity index (χ1v) is 9.01. The topological polar surface area (TPSA) is 75.8 Å². The molecule has 0 aliphatic carbocycles. The molecule has 0 saturated heterocycles. The van der Waals surface area contributed by atoms with Crippen LogP contribution in [0.5, 0.6) is 5.75 Å². The van der Waals surface area contributed by atoms with Gasteiger partial charge in [-0.25, -0.2) is 0 Å². The van der Waals surface area contributed by atoms with Gasteiger partial charge in [0.1, 0.15) is 18.5 Å². The summed E-state index contributed by atoms with van der Waals surface area (Å²) in [5.74, 6) is 0.485. The predicted molar refractivity (Wildman–Crippen MR) is 109 cm³/mol. The van der Waals surface area contributed by atoms with E-state index in [4.69, 9.17) is 4.74 Å². The zero-order valence-electron chi connectivity index (χ0n) is 15.3. The number of anilines is 1. The lowest BCUT2D eigenvalue weighted by Gasteiger charge is -2.27. The maximum absolute atomic E-state index is 10.7. The molecule has 0 aliphatic heterocycles. The zero-order valence-corrected chi connectivity index (χ0v) is 15.3. The summed E-state index contributed by atoms with van der Waals surface area (Å²) in [4.78, 5) is 12.3. The molecule has 1 atom stereocenters. The minimum absolute atomic E-state index is 0.00557. The van der Waals surface area contributed by atoms with Crippen LogP contribution in [0, 0.1) is 10.1 Å². The molecule has 6 nitrogen and oxygen atoms in total. The van der Waals surface area contributed by atoms with Crippen LogP contribution in [0.25, 0.3) is 0 Å². The number of hydrogen-bond donors (Lipinski definition) is 1. The van der Waals surface area contributed by atoms with Crippen molar-refractivity contribution < 1.29 is 14.8 Å². The summed E-state index contributed by atoms with van der Waals surface area (Å²) in [6.45, 7) is 1.15. The van der Waals surface area contributed by atoms with Gasteiger partial charge in [-0.2, -0.15) is 0 Å². The molecule has 0 saturated carbocycles. The van der Waals surface area contributed by atoms with Crippen LogP contribution in [-0.2, 0) is 6.54 Å². The standard InChI is InChI=1S/C22H22N2O4/c25-21(17-28-22-13-11-20(12-14-22)24(26)27)16-23(19-9-5-2-6-10-19)15-18-7-3-1-4-8-18/h1-14,21,25H,15-17H2. The van der Waals surface area contributed by atoms with Crippen LogP contribution in [0.2, 0.25) is 0 Å². The summed E-state index contributed by atoms with van der Waals surface area (Å²) in [6.07, 6.45) is -0.723. The molecule has 144 valence electrons. The van der Waals surface area contributed by atoms with Crippen LogP contribution in [-0.4, -0.2) is 29.3 Å². The Morgan fingerprint density at radius 1 is 0.929 bits per heavy atom. The second-order valence-electron chi connectivity index (χ2n) is 6.42. The van der Waals surface area contributed by atoms with E-state index in [0.717, 1.165) is 11.3 Å². The molecule has 3 rings (SSSR count). The molecule has 1 N–H and O–H groups in total. The highest BCUT2D eigenvalue weighted by Crippen LogP contribution is 2.19. The van der Waals surface area contributed by atoms with E-state index >= 15 is 0 Å². The third-order valence-corrected chi connectivity index (χ3v) is 4.26. The van der Waals surface area contributed by atoms with Crippen molar-refractivity contribution in [3.05, 3.63) is 101 Å². The van der Waals surface area contributed by atoms with E-state index in [-0.39, 0.29) is 12.3 Å². The molecule has 28 heavy (non-hydrogen) atoms. The molecule has 0 aromatic heterocycles. The maximum atomic E-state index is 10.7. The first-order chi connectivity index (χ1) is 13.6. The van der Waals surface area contributed by atoms with Crippen molar-refractivity contribution in [2.45, 2.75) is 12.6 Å². The van der Waals surface area contributed by atoms with Gasteiger partial charge < -0.3 is 14.7 Å². The number of rotatable bonds is 9. The largest absolute Gasteiger partial charge is 0.491 e. The fourth-order valence-electron chi connectivity index (χ4n) is 2.87. The minimum Gasteiger partial charge on any atom is -0.491 e. The van der Waals surface area contributed by atoms with Gasteiger partial charge in [-0.3, -0.25) is 10.1 Å². The van der Waals surface area contributed by atoms with Crippen molar-refractivity contribution in [3.8, 4) is 5.75 Å². The molecule has 3 aromatic carbocycles. The van der Waals surface area contributed by atoms with Crippen molar-refractivity contribution in [3.63, 3.8) is 0 Å². The van der Waals surface area contributed by atoms with Crippen LogP contribution < -0.4 is 9.64 Å². The summed E-state index contributed by atoms with van der Waals surface area (Å²) >= 11 is 0. The van der Waals surface area contributed by atoms with Crippen molar-refractivity contribution in [1.82, 2.24) is 0 Å². The van der Waals surface area contributed by atoms with E-state index in [1.165, 1.54) is 24.3 Å². The fraction of sp³-hybridized carbons (Fsp3) is 0.182. The van der Waals surface area contributed by atoms with E-state index < -0.39 is 11.0 Å². The Morgan fingerprint density at radius 2 is 1.54 bits per heavy atom. The van der Waals surface area contributed by atoms with Crippen LogP contribution >= 0.6 is 0 Å². The molecule has 0 spiro atoms. The smallest absolute Gasteiger partial charge is 0.269 e. The lowest BCUT2D eigenvalue weighted by atomic mass is 10.2. The molecule has 0 heterocycles. The van der Waals surface area contributed by atoms with E-state index in [0.29, 0.717) is 18.8 Å². The normalized spacial score (nSPS) is 11.6. The van der Waals surface area contributed by atoms with Gasteiger partial charge >= 0.3 is 0 Å². The first kappa shape index (κ1) is 19.4. The number of nitro groups is 1. The molecule has 3 aromatic rings. The molecule has 0 bridgehead atoms. The third-order valence-electron chi connectivity index (χ3n) is 4.26. The summed E-state index contributed by atoms with van der Waals surface area (Å²) in [5, 5.41) is 21.2. The Morgan fingerprint density at radius 3 is 2.14 bits per heavy atom. The Kier molecular flexibility index (Phi) is 6.59. The number of non-ortho nitro benzene ring substituents is 1. The number of hydrogen-bond acceptors (Lipinski definition) is 5. The number of aliphatic hydroxyl groups excluding tert-OH is 1. The number of aliphatic hydroxyl groups is 1. The zero-order chi connectivity index (χ0) is 19.8. The SMILES string of the molecule is O=[N+]([O-])c1ccc(OCC(O)CN(Cc2ccccc2)c2ccccc2)cc1. The Bertz CT molecular complexity index is 870. The Hall–Kier alpha value is -3.38. The highest BCUT2D eigenvalue weighted by atomic mass is 16.6. The third kappa shape index (κ3) is 5.56. The van der Waals surface area contributed by atoms with Gasteiger partial charge in [-0.05, 0) is 29.8 Å².